The van der Waals surface area contributed by atoms with Gasteiger partial charge in [0.05, 0.1) is 17.0 Å². The summed E-state index contributed by atoms with van der Waals surface area (Å²) in [5.41, 5.74) is -3.92. The summed E-state index contributed by atoms with van der Waals surface area (Å²) in [5.74, 6) is -6.39. The SMILES string of the molecule is CC1=NC(CF)C(C)(C(=O)O)C(c2ccccc2C(F)(F)F)C1C(=O)O. The Kier molecular flexibility index (Phi) is 5.12. The number of benzene rings is 1. The molecule has 4 atom stereocenters. The predicted octanol–water partition coefficient (Wildman–Crippen LogP) is 3.39. The fourth-order valence-corrected chi connectivity index (χ4v) is 3.58. The van der Waals surface area contributed by atoms with Crippen LogP contribution in [0.4, 0.5) is 17.6 Å². The Hall–Kier alpha value is -2.45. The molecule has 1 aromatic rings. The maximum absolute atomic E-state index is 13.5. The zero-order chi connectivity index (χ0) is 19.9. The first-order valence-corrected chi connectivity index (χ1v) is 7.68. The van der Waals surface area contributed by atoms with Gasteiger partial charge >= 0.3 is 18.1 Å². The fraction of sp³-hybridized carbons (Fsp3) is 0.471. The van der Waals surface area contributed by atoms with Gasteiger partial charge in [0.1, 0.15) is 12.6 Å². The van der Waals surface area contributed by atoms with E-state index in [2.05, 4.69) is 4.99 Å². The van der Waals surface area contributed by atoms with Crippen LogP contribution in [0.1, 0.15) is 30.9 Å². The van der Waals surface area contributed by atoms with E-state index in [1.54, 1.807) is 0 Å². The van der Waals surface area contributed by atoms with Gasteiger partial charge in [0, 0.05) is 11.6 Å². The molecule has 5 nitrogen and oxygen atoms in total. The maximum Gasteiger partial charge on any atom is 0.416 e. The molecule has 0 aromatic heterocycles. The Morgan fingerprint density at radius 3 is 2.27 bits per heavy atom. The Morgan fingerprint density at radius 1 is 1.23 bits per heavy atom. The quantitative estimate of drug-likeness (QED) is 0.790. The van der Waals surface area contributed by atoms with Crippen LogP contribution in [-0.2, 0) is 15.8 Å². The van der Waals surface area contributed by atoms with Gasteiger partial charge < -0.3 is 10.2 Å². The Morgan fingerprint density at radius 2 is 1.81 bits per heavy atom. The molecule has 0 fully saturated rings. The van der Waals surface area contributed by atoms with Crippen LogP contribution in [0.25, 0.3) is 0 Å². The summed E-state index contributed by atoms with van der Waals surface area (Å²) in [7, 11) is 0. The molecule has 9 heteroatoms. The molecule has 0 amide bonds. The number of aliphatic imine (C=N–C) groups is 1. The molecule has 0 bridgehead atoms. The number of halogens is 4. The van der Waals surface area contributed by atoms with Gasteiger partial charge in [0.2, 0.25) is 0 Å². The van der Waals surface area contributed by atoms with E-state index < -0.39 is 59.2 Å². The highest BCUT2D eigenvalue weighted by atomic mass is 19.4. The summed E-state index contributed by atoms with van der Waals surface area (Å²) in [6.07, 6.45) is -4.83. The van der Waals surface area contributed by atoms with Gasteiger partial charge in [0.25, 0.3) is 0 Å². The zero-order valence-electron chi connectivity index (χ0n) is 13.9. The van der Waals surface area contributed by atoms with Gasteiger partial charge in [-0.05, 0) is 25.5 Å². The first-order valence-electron chi connectivity index (χ1n) is 7.68. The Labute approximate surface area is 146 Å². The molecule has 1 heterocycles. The minimum Gasteiger partial charge on any atom is -0.481 e. The highest BCUT2D eigenvalue weighted by molar-refractivity contribution is 6.03. The van der Waals surface area contributed by atoms with Gasteiger partial charge in [-0.15, -0.1) is 0 Å². The number of nitrogens with zero attached hydrogens (tertiary/aromatic N) is 1. The molecule has 1 aliphatic rings. The van der Waals surface area contributed by atoms with Crippen LogP contribution in [0, 0.1) is 11.3 Å². The lowest BCUT2D eigenvalue weighted by molar-refractivity contribution is -0.156. The lowest BCUT2D eigenvalue weighted by Gasteiger charge is -2.45. The van der Waals surface area contributed by atoms with Gasteiger partial charge in [-0.3, -0.25) is 14.6 Å². The van der Waals surface area contributed by atoms with Crippen molar-refractivity contribution in [2.24, 2.45) is 16.3 Å². The molecule has 0 radical (unpaired) electrons. The van der Waals surface area contributed by atoms with Crippen LogP contribution in [-0.4, -0.2) is 40.6 Å². The van der Waals surface area contributed by atoms with E-state index in [1.165, 1.54) is 13.0 Å². The molecule has 0 spiro atoms. The van der Waals surface area contributed by atoms with Gasteiger partial charge in [-0.2, -0.15) is 13.2 Å². The number of alkyl halides is 4. The highest BCUT2D eigenvalue weighted by Crippen LogP contribution is 2.51. The van der Waals surface area contributed by atoms with E-state index in [-0.39, 0.29) is 5.71 Å². The van der Waals surface area contributed by atoms with Crippen molar-refractivity contribution >= 4 is 17.7 Å². The number of hydrogen-bond donors (Lipinski definition) is 2. The summed E-state index contributed by atoms with van der Waals surface area (Å²) in [6, 6.07) is 2.68. The molecule has 2 N–H and O–H groups in total. The molecule has 0 saturated heterocycles. The number of carbonyl (C=O) groups is 2. The number of carboxylic acids is 2. The van der Waals surface area contributed by atoms with Crippen LogP contribution >= 0.6 is 0 Å². The summed E-state index contributed by atoms with van der Waals surface area (Å²) < 4.78 is 53.9. The Bertz CT molecular complexity index is 761. The molecule has 26 heavy (non-hydrogen) atoms. The van der Waals surface area contributed by atoms with Crippen molar-refractivity contribution in [1.82, 2.24) is 0 Å². The standard InChI is InChI=1S/C17H17F4NO4/c1-8-12(14(23)24)13(16(2,15(25)26)11(7-18)22-8)9-5-3-4-6-10(9)17(19,20)21/h3-6,11-13H,7H2,1-2H3,(H,23,24)(H,25,26). The van der Waals surface area contributed by atoms with E-state index in [9.17, 15) is 37.4 Å². The van der Waals surface area contributed by atoms with Crippen LogP contribution in [0.15, 0.2) is 29.3 Å². The van der Waals surface area contributed by atoms with Crippen molar-refractivity contribution in [3.8, 4) is 0 Å². The molecule has 1 aromatic carbocycles. The summed E-state index contributed by atoms with van der Waals surface area (Å²) in [5, 5.41) is 19.3. The lowest BCUT2D eigenvalue weighted by atomic mass is 9.60. The second kappa shape index (κ2) is 6.69. The molecule has 0 saturated carbocycles. The van der Waals surface area contributed by atoms with Gasteiger partial charge in [0.15, 0.2) is 0 Å². The largest absolute Gasteiger partial charge is 0.481 e. The summed E-state index contributed by atoms with van der Waals surface area (Å²) in [4.78, 5) is 27.6. The lowest BCUT2D eigenvalue weighted by Crippen LogP contribution is -2.54. The number of hydrogen-bond acceptors (Lipinski definition) is 3. The molecule has 2 rings (SSSR count). The van der Waals surface area contributed by atoms with Crippen molar-refractivity contribution in [1.29, 1.82) is 0 Å². The number of aliphatic carboxylic acids is 2. The van der Waals surface area contributed by atoms with E-state index in [0.717, 1.165) is 25.1 Å². The minimum absolute atomic E-state index is 0.110. The van der Waals surface area contributed by atoms with Crippen molar-refractivity contribution in [3.05, 3.63) is 35.4 Å². The van der Waals surface area contributed by atoms with Gasteiger partial charge in [-0.1, -0.05) is 18.2 Å². The van der Waals surface area contributed by atoms with Crippen molar-refractivity contribution < 1.29 is 37.4 Å². The highest BCUT2D eigenvalue weighted by Gasteiger charge is 2.58. The predicted molar refractivity (Wildman–Crippen MR) is 83.9 cm³/mol. The van der Waals surface area contributed by atoms with Crippen LogP contribution in [0.2, 0.25) is 0 Å². The minimum atomic E-state index is -4.83. The van der Waals surface area contributed by atoms with Crippen LogP contribution in [0.3, 0.4) is 0 Å². The second-order valence-corrected chi connectivity index (χ2v) is 6.41. The third kappa shape index (κ3) is 3.06. The topological polar surface area (TPSA) is 87.0 Å². The first-order chi connectivity index (χ1) is 12.0. The molecule has 1 aliphatic heterocycles. The zero-order valence-corrected chi connectivity index (χ0v) is 13.9. The van der Waals surface area contributed by atoms with E-state index in [4.69, 9.17) is 0 Å². The van der Waals surface area contributed by atoms with E-state index >= 15 is 0 Å². The van der Waals surface area contributed by atoms with Crippen molar-refractivity contribution in [3.63, 3.8) is 0 Å². The third-order valence-electron chi connectivity index (χ3n) is 4.96. The number of rotatable bonds is 4. The first kappa shape index (κ1) is 19.9. The van der Waals surface area contributed by atoms with Crippen LogP contribution in [0.5, 0.6) is 0 Å². The van der Waals surface area contributed by atoms with E-state index in [0.29, 0.717) is 0 Å². The molecule has 142 valence electrons. The van der Waals surface area contributed by atoms with Crippen LogP contribution < -0.4 is 0 Å². The second-order valence-electron chi connectivity index (χ2n) is 6.41. The third-order valence-corrected chi connectivity index (χ3v) is 4.96. The van der Waals surface area contributed by atoms with E-state index in [1.807, 2.05) is 0 Å². The number of carboxylic acid groups (broad SMARTS) is 2. The fourth-order valence-electron chi connectivity index (χ4n) is 3.58. The van der Waals surface area contributed by atoms with Gasteiger partial charge in [-0.25, -0.2) is 4.39 Å². The molecule has 0 aliphatic carbocycles. The molecular weight excluding hydrogens is 358 g/mol. The molecular formula is C17H17F4NO4. The van der Waals surface area contributed by atoms with Crippen molar-refractivity contribution in [2.45, 2.75) is 32.0 Å². The average Bonchev–Trinajstić information content (AvgIpc) is 2.54. The summed E-state index contributed by atoms with van der Waals surface area (Å²) >= 11 is 0. The smallest absolute Gasteiger partial charge is 0.416 e. The summed E-state index contributed by atoms with van der Waals surface area (Å²) in [6.45, 7) is 1.06. The van der Waals surface area contributed by atoms with Crippen molar-refractivity contribution in [2.75, 3.05) is 6.67 Å². The monoisotopic (exact) mass is 375 g/mol. The Balaban J connectivity index is 2.86. The molecule has 4 unspecified atom stereocenters. The normalized spacial score (nSPS) is 29.2. The maximum atomic E-state index is 13.5. The average molecular weight is 375 g/mol.